The molecule has 4 heteroatoms. The summed E-state index contributed by atoms with van der Waals surface area (Å²) in [7, 11) is 0. The molecule has 0 fully saturated rings. The number of fused-ring (bicyclic) bond motifs is 1. The predicted octanol–water partition coefficient (Wildman–Crippen LogP) is 5.62. The smallest absolute Gasteiger partial charge is 0.123 e. The van der Waals surface area contributed by atoms with Gasteiger partial charge in [0.05, 0.1) is 0 Å². The van der Waals surface area contributed by atoms with Gasteiger partial charge in [-0.3, -0.25) is 0 Å². The first-order valence-corrected chi connectivity index (χ1v) is 7.42. The van der Waals surface area contributed by atoms with E-state index in [2.05, 4.69) is 20.9 Å². The molecule has 2 aromatic carbocycles. The summed E-state index contributed by atoms with van der Waals surface area (Å²) in [4.78, 5) is 3.34. The van der Waals surface area contributed by atoms with Crippen LogP contribution in [-0.4, -0.2) is 4.98 Å². The van der Waals surface area contributed by atoms with Gasteiger partial charge in [0.1, 0.15) is 5.82 Å². The summed E-state index contributed by atoms with van der Waals surface area (Å²) in [6, 6.07) is 10.5. The van der Waals surface area contributed by atoms with Crippen molar-refractivity contribution in [3.63, 3.8) is 0 Å². The van der Waals surface area contributed by atoms with E-state index in [4.69, 9.17) is 11.6 Å². The van der Waals surface area contributed by atoms with Gasteiger partial charge in [0.15, 0.2) is 0 Å². The maximum absolute atomic E-state index is 13.4. The molecule has 0 aliphatic carbocycles. The van der Waals surface area contributed by atoms with Crippen molar-refractivity contribution >= 4 is 38.4 Å². The van der Waals surface area contributed by atoms with Gasteiger partial charge in [0.2, 0.25) is 0 Å². The third kappa shape index (κ3) is 2.48. The number of aryl methyl sites for hydroxylation is 1. The Morgan fingerprint density at radius 1 is 1.20 bits per heavy atom. The number of benzene rings is 2. The summed E-state index contributed by atoms with van der Waals surface area (Å²) in [5, 5.41) is 1.79. The second kappa shape index (κ2) is 5.23. The maximum Gasteiger partial charge on any atom is 0.123 e. The Labute approximate surface area is 129 Å². The van der Waals surface area contributed by atoms with Crippen LogP contribution in [0.3, 0.4) is 0 Å². The molecule has 0 bridgehead atoms. The molecular formula is C16H12BrClFN. The van der Waals surface area contributed by atoms with Crippen LogP contribution in [-0.2, 0) is 6.42 Å². The highest BCUT2D eigenvalue weighted by atomic mass is 79.9. The summed E-state index contributed by atoms with van der Waals surface area (Å²) in [5.74, 6) is -0.223. The fraction of sp³-hybridized carbons (Fsp3) is 0.125. The van der Waals surface area contributed by atoms with Crippen LogP contribution < -0.4 is 0 Å². The van der Waals surface area contributed by atoms with E-state index >= 15 is 0 Å². The van der Waals surface area contributed by atoms with Gasteiger partial charge in [-0.25, -0.2) is 4.39 Å². The van der Waals surface area contributed by atoms with Crippen LogP contribution in [0.4, 0.5) is 4.39 Å². The number of aromatic nitrogens is 1. The van der Waals surface area contributed by atoms with Crippen molar-refractivity contribution < 1.29 is 4.39 Å². The molecule has 0 atom stereocenters. The monoisotopic (exact) mass is 351 g/mol. The Bertz CT molecular complexity index is 795. The standard InChI is InChI=1S/C16H12BrClFN/c1-9-13(7-10-6-12(19)3-4-15(10)17)14-8-11(18)2-5-16(14)20-9/h2-6,8,20H,7H2,1H3. The third-order valence-electron chi connectivity index (χ3n) is 3.46. The van der Waals surface area contributed by atoms with Crippen molar-refractivity contribution in [1.29, 1.82) is 0 Å². The van der Waals surface area contributed by atoms with E-state index in [0.29, 0.717) is 11.4 Å². The van der Waals surface area contributed by atoms with Crippen LogP contribution in [0.15, 0.2) is 40.9 Å². The number of aromatic amines is 1. The van der Waals surface area contributed by atoms with Gasteiger partial charge in [-0.15, -0.1) is 0 Å². The highest BCUT2D eigenvalue weighted by Crippen LogP contribution is 2.29. The molecule has 0 aliphatic heterocycles. The number of H-pyrrole nitrogens is 1. The Morgan fingerprint density at radius 3 is 2.80 bits per heavy atom. The lowest BCUT2D eigenvalue weighted by molar-refractivity contribution is 0.625. The van der Waals surface area contributed by atoms with Crippen molar-refractivity contribution in [2.24, 2.45) is 0 Å². The van der Waals surface area contributed by atoms with E-state index in [1.165, 1.54) is 6.07 Å². The van der Waals surface area contributed by atoms with E-state index in [1.54, 1.807) is 12.1 Å². The summed E-state index contributed by atoms with van der Waals surface area (Å²) >= 11 is 9.55. The highest BCUT2D eigenvalue weighted by Gasteiger charge is 2.11. The Kier molecular flexibility index (Phi) is 3.57. The molecule has 1 N–H and O–H groups in total. The first-order valence-electron chi connectivity index (χ1n) is 6.25. The maximum atomic E-state index is 13.4. The average molecular weight is 353 g/mol. The Balaban J connectivity index is 2.12. The Hall–Kier alpha value is -1.32. The van der Waals surface area contributed by atoms with Gasteiger partial charge in [-0.1, -0.05) is 27.5 Å². The Morgan fingerprint density at radius 2 is 2.00 bits per heavy atom. The zero-order chi connectivity index (χ0) is 14.3. The fourth-order valence-electron chi connectivity index (χ4n) is 2.45. The number of halogens is 3. The van der Waals surface area contributed by atoms with Crippen molar-refractivity contribution in [3.8, 4) is 0 Å². The largest absolute Gasteiger partial charge is 0.358 e. The summed E-state index contributed by atoms with van der Waals surface area (Å²) in [6.07, 6.45) is 0.657. The van der Waals surface area contributed by atoms with Crippen molar-refractivity contribution in [3.05, 3.63) is 68.5 Å². The van der Waals surface area contributed by atoms with Gasteiger partial charge >= 0.3 is 0 Å². The molecule has 0 saturated carbocycles. The molecule has 0 saturated heterocycles. The quantitative estimate of drug-likeness (QED) is 0.616. The molecule has 1 heterocycles. The van der Waals surface area contributed by atoms with E-state index in [9.17, 15) is 4.39 Å². The van der Waals surface area contributed by atoms with Gasteiger partial charge in [0.25, 0.3) is 0 Å². The molecule has 1 aromatic heterocycles. The fourth-order valence-corrected chi connectivity index (χ4v) is 3.01. The predicted molar refractivity (Wildman–Crippen MR) is 85.0 cm³/mol. The topological polar surface area (TPSA) is 15.8 Å². The number of rotatable bonds is 2. The molecule has 0 amide bonds. The molecule has 1 nitrogen and oxygen atoms in total. The van der Waals surface area contributed by atoms with Crippen molar-refractivity contribution in [1.82, 2.24) is 4.98 Å². The van der Waals surface area contributed by atoms with E-state index in [1.807, 2.05) is 25.1 Å². The lowest BCUT2D eigenvalue weighted by Gasteiger charge is -2.06. The summed E-state index contributed by atoms with van der Waals surface area (Å²) < 4.78 is 14.3. The lowest BCUT2D eigenvalue weighted by atomic mass is 10.0. The molecule has 0 spiro atoms. The zero-order valence-corrected chi connectivity index (χ0v) is 13.1. The highest BCUT2D eigenvalue weighted by molar-refractivity contribution is 9.10. The average Bonchev–Trinajstić information content (AvgIpc) is 2.70. The molecule has 102 valence electrons. The van der Waals surface area contributed by atoms with Crippen LogP contribution in [0.1, 0.15) is 16.8 Å². The number of nitrogens with one attached hydrogen (secondary N) is 1. The van der Waals surface area contributed by atoms with Crippen LogP contribution in [0.2, 0.25) is 5.02 Å². The minimum Gasteiger partial charge on any atom is -0.358 e. The molecular weight excluding hydrogens is 341 g/mol. The van der Waals surface area contributed by atoms with Crippen LogP contribution in [0.25, 0.3) is 10.9 Å². The molecule has 20 heavy (non-hydrogen) atoms. The number of hydrogen-bond acceptors (Lipinski definition) is 0. The molecule has 0 unspecified atom stereocenters. The van der Waals surface area contributed by atoms with E-state index < -0.39 is 0 Å². The van der Waals surface area contributed by atoms with Gasteiger partial charge in [0, 0.05) is 32.5 Å². The molecule has 3 rings (SSSR count). The summed E-state index contributed by atoms with van der Waals surface area (Å²) in [5.41, 5.74) is 4.20. The third-order valence-corrected chi connectivity index (χ3v) is 4.47. The van der Waals surface area contributed by atoms with Crippen LogP contribution in [0.5, 0.6) is 0 Å². The summed E-state index contributed by atoms with van der Waals surface area (Å²) in [6.45, 7) is 2.02. The second-order valence-electron chi connectivity index (χ2n) is 4.83. The van der Waals surface area contributed by atoms with Gasteiger partial charge in [-0.2, -0.15) is 0 Å². The van der Waals surface area contributed by atoms with E-state index in [-0.39, 0.29) is 5.82 Å². The molecule has 0 radical (unpaired) electrons. The van der Waals surface area contributed by atoms with Crippen LogP contribution >= 0.6 is 27.5 Å². The van der Waals surface area contributed by atoms with E-state index in [0.717, 1.165) is 32.2 Å². The first-order chi connectivity index (χ1) is 9.54. The minimum absolute atomic E-state index is 0.223. The van der Waals surface area contributed by atoms with Gasteiger partial charge < -0.3 is 4.98 Å². The first kappa shape index (κ1) is 13.7. The van der Waals surface area contributed by atoms with Crippen molar-refractivity contribution in [2.45, 2.75) is 13.3 Å². The molecule has 3 aromatic rings. The SMILES string of the molecule is Cc1[nH]c2ccc(Cl)cc2c1Cc1cc(F)ccc1Br. The second-order valence-corrected chi connectivity index (χ2v) is 6.12. The van der Waals surface area contributed by atoms with Crippen molar-refractivity contribution in [2.75, 3.05) is 0 Å². The van der Waals surface area contributed by atoms with Crippen LogP contribution in [0, 0.1) is 12.7 Å². The molecule has 0 aliphatic rings. The normalized spacial score (nSPS) is 11.2. The lowest BCUT2D eigenvalue weighted by Crippen LogP contribution is -1.92. The van der Waals surface area contributed by atoms with Gasteiger partial charge in [-0.05, 0) is 54.4 Å². The zero-order valence-electron chi connectivity index (χ0n) is 10.8. The number of hydrogen-bond donors (Lipinski definition) is 1. The minimum atomic E-state index is -0.223.